The van der Waals surface area contributed by atoms with Crippen LogP contribution in [0.5, 0.6) is 5.75 Å². The van der Waals surface area contributed by atoms with E-state index in [1.165, 1.54) is 12.1 Å². The van der Waals surface area contributed by atoms with Crippen LogP contribution in [0.25, 0.3) is 0 Å². The standard InChI is InChI=1S/C18H20FNO2/c1-2-18(21)20-13-15-6-4-3-5-14(15)11-12-22-17-9-7-16(19)8-10-17/h3-10H,2,11-13H2,1H3,(H,20,21). The summed E-state index contributed by atoms with van der Waals surface area (Å²) in [5.74, 6) is 0.417. The van der Waals surface area contributed by atoms with Gasteiger partial charge in [0.15, 0.2) is 0 Å². The van der Waals surface area contributed by atoms with Crippen LogP contribution in [0.1, 0.15) is 24.5 Å². The van der Waals surface area contributed by atoms with Crippen molar-refractivity contribution in [2.45, 2.75) is 26.3 Å². The van der Waals surface area contributed by atoms with Gasteiger partial charge in [0.2, 0.25) is 5.91 Å². The first-order valence-corrected chi connectivity index (χ1v) is 7.41. The molecule has 0 radical (unpaired) electrons. The highest BCUT2D eigenvalue weighted by Gasteiger charge is 2.04. The number of carbonyl (C=O) groups excluding carboxylic acids is 1. The summed E-state index contributed by atoms with van der Waals surface area (Å²) >= 11 is 0. The smallest absolute Gasteiger partial charge is 0.219 e. The summed E-state index contributed by atoms with van der Waals surface area (Å²) in [7, 11) is 0. The van der Waals surface area contributed by atoms with Crippen molar-refractivity contribution in [3.05, 3.63) is 65.5 Å². The molecule has 22 heavy (non-hydrogen) atoms. The molecule has 0 aliphatic carbocycles. The van der Waals surface area contributed by atoms with E-state index in [0.717, 1.165) is 17.5 Å². The third-order valence-electron chi connectivity index (χ3n) is 3.37. The van der Waals surface area contributed by atoms with Crippen LogP contribution in [0.2, 0.25) is 0 Å². The Morgan fingerprint density at radius 3 is 2.45 bits per heavy atom. The molecule has 1 amide bonds. The second kappa shape index (κ2) is 8.17. The average Bonchev–Trinajstić information content (AvgIpc) is 2.55. The Morgan fingerprint density at radius 1 is 1.09 bits per heavy atom. The van der Waals surface area contributed by atoms with Crippen molar-refractivity contribution in [1.29, 1.82) is 0 Å². The zero-order valence-corrected chi connectivity index (χ0v) is 12.6. The Hall–Kier alpha value is -2.36. The van der Waals surface area contributed by atoms with Gasteiger partial charge in [-0.15, -0.1) is 0 Å². The summed E-state index contributed by atoms with van der Waals surface area (Å²) in [6.45, 7) is 2.86. The number of benzene rings is 2. The molecule has 3 nitrogen and oxygen atoms in total. The predicted molar refractivity (Wildman–Crippen MR) is 84.2 cm³/mol. The Balaban J connectivity index is 1.89. The molecule has 2 aromatic carbocycles. The second-order valence-electron chi connectivity index (χ2n) is 4.95. The third-order valence-corrected chi connectivity index (χ3v) is 3.37. The summed E-state index contributed by atoms with van der Waals surface area (Å²) in [5.41, 5.74) is 2.23. The summed E-state index contributed by atoms with van der Waals surface area (Å²) in [5, 5.41) is 2.88. The topological polar surface area (TPSA) is 38.3 Å². The molecule has 0 unspecified atom stereocenters. The molecule has 0 aromatic heterocycles. The maximum Gasteiger partial charge on any atom is 0.219 e. The van der Waals surface area contributed by atoms with Gasteiger partial charge in [-0.1, -0.05) is 31.2 Å². The number of halogens is 1. The molecule has 2 rings (SSSR count). The lowest BCUT2D eigenvalue weighted by Crippen LogP contribution is -2.22. The van der Waals surface area contributed by atoms with Crippen LogP contribution in [0.4, 0.5) is 4.39 Å². The maximum absolute atomic E-state index is 12.8. The van der Waals surface area contributed by atoms with E-state index in [9.17, 15) is 9.18 Å². The molecule has 4 heteroatoms. The molecule has 2 aromatic rings. The highest BCUT2D eigenvalue weighted by molar-refractivity contribution is 5.75. The van der Waals surface area contributed by atoms with Crippen LogP contribution in [0.3, 0.4) is 0 Å². The molecule has 0 aliphatic heterocycles. The third kappa shape index (κ3) is 4.88. The minimum Gasteiger partial charge on any atom is -0.493 e. The molecule has 0 saturated heterocycles. The first-order valence-electron chi connectivity index (χ1n) is 7.41. The minimum absolute atomic E-state index is 0.0392. The van der Waals surface area contributed by atoms with Crippen molar-refractivity contribution >= 4 is 5.91 Å². The first-order chi connectivity index (χ1) is 10.7. The number of nitrogens with one attached hydrogen (secondary N) is 1. The second-order valence-corrected chi connectivity index (χ2v) is 4.95. The largest absolute Gasteiger partial charge is 0.493 e. The lowest BCUT2D eigenvalue weighted by molar-refractivity contribution is -0.120. The lowest BCUT2D eigenvalue weighted by atomic mass is 10.0. The van der Waals surface area contributed by atoms with Crippen molar-refractivity contribution in [2.75, 3.05) is 6.61 Å². The molecule has 0 saturated carbocycles. The summed E-state index contributed by atoms with van der Waals surface area (Å²) in [6, 6.07) is 13.9. The molecular weight excluding hydrogens is 281 g/mol. The van der Waals surface area contributed by atoms with Crippen LogP contribution >= 0.6 is 0 Å². The molecule has 0 aliphatic rings. The van der Waals surface area contributed by atoms with E-state index in [0.29, 0.717) is 25.3 Å². The molecule has 0 atom stereocenters. The summed E-state index contributed by atoms with van der Waals surface area (Å²) < 4.78 is 18.4. The van der Waals surface area contributed by atoms with Gasteiger partial charge in [0.05, 0.1) is 6.61 Å². The normalized spacial score (nSPS) is 10.3. The molecule has 0 fully saturated rings. The number of carbonyl (C=O) groups is 1. The summed E-state index contributed by atoms with van der Waals surface area (Å²) in [6.07, 6.45) is 1.21. The highest BCUT2D eigenvalue weighted by atomic mass is 19.1. The van der Waals surface area contributed by atoms with Crippen molar-refractivity contribution in [3.63, 3.8) is 0 Å². The van der Waals surface area contributed by atoms with Crippen LogP contribution in [0.15, 0.2) is 48.5 Å². The van der Waals surface area contributed by atoms with Gasteiger partial charge in [-0.05, 0) is 35.4 Å². The molecule has 116 valence electrons. The van der Waals surface area contributed by atoms with Crippen molar-refractivity contribution in [2.24, 2.45) is 0 Å². The number of ether oxygens (including phenoxy) is 1. The van der Waals surface area contributed by atoms with Crippen LogP contribution in [-0.4, -0.2) is 12.5 Å². The van der Waals surface area contributed by atoms with E-state index in [1.807, 2.05) is 31.2 Å². The van der Waals surface area contributed by atoms with Gasteiger partial charge < -0.3 is 10.1 Å². The van der Waals surface area contributed by atoms with Crippen molar-refractivity contribution in [1.82, 2.24) is 5.32 Å². The van der Waals surface area contributed by atoms with Crippen molar-refractivity contribution in [3.8, 4) is 5.75 Å². The van der Waals surface area contributed by atoms with Crippen LogP contribution < -0.4 is 10.1 Å². The molecule has 0 bridgehead atoms. The number of rotatable bonds is 7. The predicted octanol–water partition coefficient (Wildman–Crippen LogP) is 3.47. The van der Waals surface area contributed by atoms with E-state index < -0.39 is 0 Å². The Bertz CT molecular complexity index is 611. The lowest BCUT2D eigenvalue weighted by Gasteiger charge is -2.11. The zero-order valence-electron chi connectivity index (χ0n) is 12.6. The fourth-order valence-corrected chi connectivity index (χ4v) is 2.10. The van der Waals surface area contributed by atoms with Gasteiger partial charge >= 0.3 is 0 Å². The molecule has 1 N–H and O–H groups in total. The molecule has 0 spiro atoms. The van der Waals surface area contributed by atoms with Gasteiger partial charge in [0.1, 0.15) is 11.6 Å². The van der Waals surface area contributed by atoms with Gasteiger partial charge in [-0.2, -0.15) is 0 Å². The fraction of sp³-hybridized carbons (Fsp3) is 0.278. The number of hydrogen-bond donors (Lipinski definition) is 1. The Morgan fingerprint density at radius 2 is 1.77 bits per heavy atom. The van der Waals surface area contributed by atoms with E-state index in [-0.39, 0.29) is 11.7 Å². The molecular formula is C18H20FNO2. The van der Waals surface area contributed by atoms with E-state index in [2.05, 4.69) is 5.32 Å². The fourth-order valence-electron chi connectivity index (χ4n) is 2.10. The first kappa shape index (κ1) is 16.0. The molecule has 0 heterocycles. The van der Waals surface area contributed by atoms with E-state index in [1.54, 1.807) is 12.1 Å². The Labute approximate surface area is 130 Å². The van der Waals surface area contributed by atoms with Gasteiger partial charge in [-0.3, -0.25) is 4.79 Å². The highest BCUT2D eigenvalue weighted by Crippen LogP contribution is 2.13. The average molecular weight is 301 g/mol. The SMILES string of the molecule is CCC(=O)NCc1ccccc1CCOc1ccc(F)cc1. The van der Waals surface area contributed by atoms with Gasteiger partial charge in [0.25, 0.3) is 0 Å². The van der Waals surface area contributed by atoms with Crippen molar-refractivity contribution < 1.29 is 13.9 Å². The monoisotopic (exact) mass is 301 g/mol. The number of amides is 1. The van der Waals surface area contributed by atoms with Gasteiger partial charge in [0, 0.05) is 19.4 Å². The quantitative estimate of drug-likeness (QED) is 0.850. The van der Waals surface area contributed by atoms with E-state index in [4.69, 9.17) is 4.74 Å². The number of hydrogen-bond acceptors (Lipinski definition) is 2. The maximum atomic E-state index is 12.8. The zero-order chi connectivity index (χ0) is 15.8. The van der Waals surface area contributed by atoms with Gasteiger partial charge in [-0.25, -0.2) is 4.39 Å². The Kier molecular flexibility index (Phi) is 5.95. The van der Waals surface area contributed by atoms with Crippen LogP contribution in [-0.2, 0) is 17.8 Å². The minimum atomic E-state index is -0.274. The van der Waals surface area contributed by atoms with Crippen LogP contribution in [0, 0.1) is 5.82 Å². The summed E-state index contributed by atoms with van der Waals surface area (Å²) in [4.78, 5) is 11.4. The van der Waals surface area contributed by atoms with E-state index >= 15 is 0 Å².